The predicted molar refractivity (Wildman–Crippen MR) is 143 cm³/mol. The quantitative estimate of drug-likeness (QED) is 0.351. The molecule has 0 bridgehead atoms. The molecule has 0 spiro atoms. The molecule has 2 aromatic rings. The number of hydrogen-bond donors (Lipinski definition) is 0. The van der Waals surface area contributed by atoms with Crippen molar-refractivity contribution >= 4 is 29.1 Å². The van der Waals surface area contributed by atoms with Crippen LogP contribution in [0.1, 0.15) is 29.0 Å². The van der Waals surface area contributed by atoms with Gasteiger partial charge in [0.25, 0.3) is 0 Å². The van der Waals surface area contributed by atoms with Crippen molar-refractivity contribution in [3.63, 3.8) is 0 Å². The van der Waals surface area contributed by atoms with Crippen LogP contribution in [-0.4, -0.2) is 92.5 Å². The molecule has 0 aromatic heterocycles. The summed E-state index contributed by atoms with van der Waals surface area (Å²) in [6.07, 6.45) is -3.81. The third kappa shape index (κ3) is 8.05. The van der Waals surface area contributed by atoms with Gasteiger partial charge in [-0.1, -0.05) is 35.3 Å². The van der Waals surface area contributed by atoms with Crippen molar-refractivity contribution in [1.29, 1.82) is 0 Å². The van der Waals surface area contributed by atoms with Crippen LogP contribution in [0.4, 0.5) is 17.6 Å². The Kier molecular flexibility index (Phi) is 10.4. The summed E-state index contributed by atoms with van der Waals surface area (Å²) in [7, 11) is 7.76. The average molecular weight is 577 g/mol. The second-order valence-electron chi connectivity index (χ2n) is 10.3. The van der Waals surface area contributed by atoms with Crippen molar-refractivity contribution in [3.8, 4) is 0 Å². The number of hydrogen-bond acceptors (Lipinski definition) is 4. The van der Waals surface area contributed by atoms with Gasteiger partial charge in [0.1, 0.15) is 5.82 Å². The predicted octanol–water partition coefficient (Wildman–Crippen LogP) is 5.46. The van der Waals surface area contributed by atoms with Crippen LogP contribution in [0, 0.1) is 5.82 Å². The third-order valence-electron chi connectivity index (χ3n) is 6.90. The maximum atomic E-state index is 14.2. The fourth-order valence-corrected chi connectivity index (χ4v) is 5.17. The number of amides is 1. The highest BCUT2D eigenvalue weighted by Gasteiger charge is 2.39. The van der Waals surface area contributed by atoms with Gasteiger partial charge in [-0.25, -0.2) is 4.39 Å². The van der Waals surface area contributed by atoms with E-state index in [9.17, 15) is 22.4 Å². The van der Waals surface area contributed by atoms with E-state index in [2.05, 4.69) is 4.90 Å². The minimum absolute atomic E-state index is 0.00103. The van der Waals surface area contributed by atoms with E-state index < -0.39 is 17.6 Å². The minimum Gasteiger partial charge on any atom is -0.339 e. The zero-order valence-corrected chi connectivity index (χ0v) is 23.5. The average Bonchev–Trinajstić information content (AvgIpc) is 3.26. The lowest BCUT2D eigenvalue weighted by Gasteiger charge is -2.29. The SMILES string of the molecule is CN(C)CCCN(C)CC(=O)N1C[C@H](c2ccc(Cl)c(Cl)c2)[C@@H](N(C)Cc2ccc(C(F)(F)F)c(F)c2)C1. The first-order valence-corrected chi connectivity index (χ1v) is 13.1. The van der Waals surface area contributed by atoms with Gasteiger partial charge in [0.2, 0.25) is 5.91 Å². The number of halogens is 6. The molecule has 0 unspecified atom stereocenters. The Morgan fingerprint density at radius 1 is 1.00 bits per heavy atom. The van der Waals surface area contributed by atoms with Crippen LogP contribution in [-0.2, 0) is 17.5 Å². The molecule has 0 saturated carbocycles. The zero-order chi connectivity index (χ0) is 28.2. The standard InChI is InChI=1S/C27H34Cl2F4N4O/c1-34(2)10-5-11-35(3)17-26(38)37-15-20(19-7-9-22(28)23(29)13-19)25(16-37)36(4)14-18-6-8-21(24(30)12-18)27(31,32)33/h6-9,12-13,20,25H,5,10-11,14-17H2,1-4H3/t20-,25+/m1/s1. The van der Waals surface area contributed by atoms with E-state index in [-0.39, 0.29) is 31.0 Å². The first kappa shape index (κ1) is 30.6. The van der Waals surface area contributed by atoms with Gasteiger partial charge in [-0.2, -0.15) is 13.2 Å². The second kappa shape index (κ2) is 13.0. The first-order valence-electron chi connectivity index (χ1n) is 12.4. The highest BCUT2D eigenvalue weighted by Crippen LogP contribution is 2.36. The van der Waals surface area contributed by atoms with Crippen LogP contribution in [0.3, 0.4) is 0 Å². The lowest BCUT2D eigenvalue weighted by Crippen LogP contribution is -2.41. The maximum Gasteiger partial charge on any atom is 0.419 e. The van der Waals surface area contributed by atoms with E-state index in [0.29, 0.717) is 28.7 Å². The molecule has 3 rings (SSSR count). The Morgan fingerprint density at radius 2 is 1.71 bits per heavy atom. The number of likely N-dealkylation sites (tertiary alicyclic amines) is 1. The molecule has 1 heterocycles. The Hall–Kier alpha value is -1.91. The van der Waals surface area contributed by atoms with Crippen LogP contribution in [0.2, 0.25) is 10.0 Å². The van der Waals surface area contributed by atoms with E-state index in [1.54, 1.807) is 12.1 Å². The van der Waals surface area contributed by atoms with Gasteiger partial charge < -0.3 is 9.80 Å². The van der Waals surface area contributed by atoms with Crippen molar-refractivity contribution in [1.82, 2.24) is 19.6 Å². The fraction of sp³-hybridized carbons (Fsp3) is 0.519. The number of alkyl halides is 3. The smallest absolute Gasteiger partial charge is 0.339 e. The summed E-state index contributed by atoms with van der Waals surface area (Å²) in [4.78, 5) is 21.1. The van der Waals surface area contributed by atoms with Crippen molar-refractivity contribution in [2.24, 2.45) is 0 Å². The van der Waals surface area contributed by atoms with Crippen molar-refractivity contribution in [3.05, 3.63) is 69.0 Å². The summed E-state index contributed by atoms with van der Waals surface area (Å²) in [6, 6.07) is 8.19. The Bertz CT molecular complexity index is 1110. The molecule has 5 nitrogen and oxygen atoms in total. The molecule has 0 N–H and O–H groups in total. The lowest BCUT2D eigenvalue weighted by molar-refractivity contribution is -0.140. The molecular formula is C27H34Cl2F4N4O. The molecule has 38 heavy (non-hydrogen) atoms. The summed E-state index contributed by atoms with van der Waals surface area (Å²) in [6.45, 7) is 3.09. The van der Waals surface area contributed by atoms with Crippen molar-refractivity contribution < 1.29 is 22.4 Å². The van der Waals surface area contributed by atoms with Gasteiger partial charge in [-0.15, -0.1) is 0 Å². The number of rotatable bonds is 10. The monoisotopic (exact) mass is 576 g/mol. The molecular weight excluding hydrogens is 543 g/mol. The number of carbonyl (C=O) groups excluding carboxylic acids is 1. The molecule has 1 aliphatic rings. The van der Waals surface area contributed by atoms with Crippen LogP contribution < -0.4 is 0 Å². The molecule has 1 saturated heterocycles. The number of benzene rings is 2. The molecule has 210 valence electrons. The molecule has 2 aromatic carbocycles. The van der Waals surface area contributed by atoms with E-state index >= 15 is 0 Å². The molecule has 2 atom stereocenters. The fourth-order valence-electron chi connectivity index (χ4n) is 4.87. The summed E-state index contributed by atoms with van der Waals surface area (Å²) in [5.41, 5.74) is 0.0331. The normalized spacial score (nSPS) is 18.3. The van der Waals surface area contributed by atoms with Crippen LogP contribution in [0.5, 0.6) is 0 Å². The second-order valence-corrected chi connectivity index (χ2v) is 11.1. The van der Waals surface area contributed by atoms with Crippen molar-refractivity contribution in [2.45, 2.75) is 31.1 Å². The lowest BCUT2D eigenvalue weighted by atomic mass is 9.93. The first-order chi connectivity index (χ1) is 17.8. The molecule has 1 amide bonds. The number of carbonyl (C=O) groups is 1. The summed E-state index contributed by atoms with van der Waals surface area (Å²) >= 11 is 12.4. The molecule has 0 aliphatic carbocycles. The number of likely N-dealkylation sites (N-methyl/N-ethyl adjacent to an activating group) is 2. The van der Waals surface area contributed by atoms with E-state index in [1.807, 2.05) is 49.0 Å². The highest BCUT2D eigenvalue weighted by atomic mass is 35.5. The van der Waals surface area contributed by atoms with Gasteiger partial charge in [0, 0.05) is 31.6 Å². The summed E-state index contributed by atoms with van der Waals surface area (Å²) < 4.78 is 53.2. The molecule has 1 fully saturated rings. The highest BCUT2D eigenvalue weighted by molar-refractivity contribution is 6.42. The largest absolute Gasteiger partial charge is 0.419 e. The Morgan fingerprint density at radius 3 is 2.32 bits per heavy atom. The van der Waals surface area contributed by atoms with E-state index in [0.717, 1.165) is 37.2 Å². The van der Waals surface area contributed by atoms with Crippen molar-refractivity contribution in [2.75, 3.05) is 60.9 Å². The topological polar surface area (TPSA) is 30.0 Å². The van der Waals surface area contributed by atoms with Crippen LogP contribution in [0.25, 0.3) is 0 Å². The van der Waals surface area contributed by atoms with Gasteiger partial charge in [-0.05, 0) is 83.1 Å². The molecule has 1 aliphatic heterocycles. The molecule has 0 radical (unpaired) electrons. The maximum absolute atomic E-state index is 14.2. The summed E-state index contributed by atoms with van der Waals surface area (Å²) in [5, 5.41) is 0.826. The van der Waals surface area contributed by atoms with Crippen LogP contribution >= 0.6 is 23.2 Å². The van der Waals surface area contributed by atoms with Gasteiger partial charge >= 0.3 is 6.18 Å². The van der Waals surface area contributed by atoms with E-state index in [1.165, 1.54) is 6.07 Å². The minimum atomic E-state index is -4.75. The third-order valence-corrected chi connectivity index (χ3v) is 7.64. The van der Waals surface area contributed by atoms with Crippen LogP contribution in [0.15, 0.2) is 36.4 Å². The van der Waals surface area contributed by atoms with Gasteiger partial charge in [-0.3, -0.25) is 14.6 Å². The van der Waals surface area contributed by atoms with E-state index in [4.69, 9.17) is 23.2 Å². The number of nitrogens with zero attached hydrogens (tertiary/aromatic N) is 4. The zero-order valence-electron chi connectivity index (χ0n) is 22.0. The Balaban J connectivity index is 1.77. The summed E-state index contributed by atoms with van der Waals surface area (Å²) in [5.74, 6) is -1.42. The van der Waals surface area contributed by atoms with Gasteiger partial charge in [0.15, 0.2) is 0 Å². The molecule has 11 heteroatoms. The van der Waals surface area contributed by atoms with Gasteiger partial charge in [0.05, 0.1) is 22.2 Å². The Labute approximate surface area is 231 Å².